The first-order valence-corrected chi connectivity index (χ1v) is 5.37. The minimum Gasteiger partial charge on any atom is -0.312 e. The van der Waals surface area contributed by atoms with Crippen LogP contribution < -0.4 is 0 Å². The quantitative estimate of drug-likeness (QED) is 0.607. The molecular weight excluding hydrogens is 170 g/mol. The van der Waals surface area contributed by atoms with Gasteiger partial charge in [-0.3, -0.25) is 0 Å². The summed E-state index contributed by atoms with van der Waals surface area (Å²) >= 11 is 0. The van der Waals surface area contributed by atoms with Crippen molar-refractivity contribution in [2.45, 2.75) is 33.1 Å². The molecule has 0 aromatic carbocycles. The van der Waals surface area contributed by atoms with E-state index in [1.807, 2.05) is 32.1 Å². The Morgan fingerprint density at radius 2 is 1.79 bits per heavy atom. The fourth-order valence-electron chi connectivity index (χ4n) is 0.889. The molecule has 0 aromatic rings. The first-order valence-electron chi connectivity index (χ1n) is 5.37. The highest BCUT2D eigenvalue weighted by atomic mass is 15.0. The SMILES string of the molecule is C=CCCC(C)C/C=C/C.CN(C)C. The lowest BCUT2D eigenvalue weighted by molar-refractivity contribution is 0.505. The molecule has 0 heterocycles. The molecule has 0 rings (SSSR count). The van der Waals surface area contributed by atoms with Crippen LogP contribution in [0.4, 0.5) is 0 Å². The number of nitrogens with zero attached hydrogens (tertiary/aromatic N) is 1. The van der Waals surface area contributed by atoms with Crippen molar-refractivity contribution < 1.29 is 0 Å². The molecule has 0 saturated carbocycles. The molecule has 0 fully saturated rings. The maximum atomic E-state index is 3.69. The van der Waals surface area contributed by atoms with Crippen molar-refractivity contribution in [1.29, 1.82) is 0 Å². The summed E-state index contributed by atoms with van der Waals surface area (Å²) in [5, 5.41) is 0. The van der Waals surface area contributed by atoms with Crippen molar-refractivity contribution in [3.8, 4) is 0 Å². The van der Waals surface area contributed by atoms with Gasteiger partial charge in [0.25, 0.3) is 0 Å². The molecule has 0 aliphatic heterocycles. The van der Waals surface area contributed by atoms with Crippen LogP contribution in [0.25, 0.3) is 0 Å². The van der Waals surface area contributed by atoms with E-state index in [0.717, 1.165) is 12.3 Å². The van der Waals surface area contributed by atoms with Crippen LogP contribution in [0.1, 0.15) is 33.1 Å². The monoisotopic (exact) mass is 197 g/mol. The van der Waals surface area contributed by atoms with E-state index in [2.05, 4.69) is 32.6 Å². The standard InChI is InChI=1S/C10H18.C3H9N/c1-4-6-8-10(3)9-7-5-2;1-4(2)3/h4-5,7,10H,1,6,8-9H2,2-3H3;1-3H3/b7-5+;. The van der Waals surface area contributed by atoms with Gasteiger partial charge in [0.1, 0.15) is 0 Å². The average Bonchev–Trinajstić information content (AvgIpc) is 2.10. The zero-order chi connectivity index (χ0) is 11.4. The molecule has 0 aromatic heterocycles. The van der Waals surface area contributed by atoms with Crippen LogP contribution in [0.5, 0.6) is 0 Å². The second-order valence-corrected chi connectivity index (χ2v) is 4.12. The van der Waals surface area contributed by atoms with Crippen molar-refractivity contribution in [1.82, 2.24) is 4.90 Å². The minimum atomic E-state index is 0.814. The zero-order valence-corrected chi connectivity index (χ0v) is 10.6. The second-order valence-electron chi connectivity index (χ2n) is 4.12. The van der Waals surface area contributed by atoms with Crippen LogP contribution in [0, 0.1) is 5.92 Å². The molecule has 1 nitrogen and oxygen atoms in total. The van der Waals surface area contributed by atoms with E-state index in [9.17, 15) is 0 Å². The van der Waals surface area contributed by atoms with Crippen LogP contribution in [0.3, 0.4) is 0 Å². The van der Waals surface area contributed by atoms with Crippen molar-refractivity contribution in [3.63, 3.8) is 0 Å². The molecule has 0 amide bonds. The Labute approximate surface area is 90.5 Å². The summed E-state index contributed by atoms with van der Waals surface area (Å²) in [6, 6.07) is 0. The van der Waals surface area contributed by atoms with Gasteiger partial charge < -0.3 is 4.90 Å². The highest BCUT2D eigenvalue weighted by Crippen LogP contribution is 2.10. The zero-order valence-electron chi connectivity index (χ0n) is 10.6. The highest BCUT2D eigenvalue weighted by molar-refractivity contribution is 4.80. The van der Waals surface area contributed by atoms with Crippen molar-refractivity contribution in [2.24, 2.45) is 5.92 Å². The molecule has 0 bridgehead atoms. The lowest BCUT2D eigenvalue weighted by Crippen LogP contribution is -1.99. The smallest absolute Gasteiger partial charge is 0.0140 e. The van der Waals surface area contributed by atoms with Gasteiger partial charge in [0, 0.05) is 0 Å². The van der Waals surface area contributed by atoms with E-state index in [4.69, 9.17) is 0 Å². The van der Waals surface area contributed by atoms with E-state index in [1.165, 1.54) is 12.8 Å². The Bertz CT molecular complexity index is 133. The van der Waals surface area contributed by atoms with E-state index in [0.29, 0.717) is 0 Å². The molecule has 0 N–H and O–H groups in total. The Morgan fingerprint density at radius 3 is 2.14 bits per heavy atom. The van der Waals surface area contributed by atoms with E-state index < -0.39 is 0 Å². The van der Waals surface area contributed by atoms with Crippen LogP contribution in [-0.4, -0.2) is 26.0 Å². The van der Waals surface area contributed by atoms with Gasteiger partial charge in [0.05, 0.1) is 0 Å². The van der Waals surface area contributed by atoms with Gasteiger partial charge in [-0.05, 0) is 53.2 Å². The van der Waals surface area contributed by atoms with Gasteiger partial charge in [-0.15, -0.1) is 6.58 Å². The summed E-state index contributed by atoms with van der Waals surface area (Å²) in [6.07, 6.45) is 9.97. The van der Waals surface area contributed by atoms with E-state index in [1.54, 1.807) is 0 Å². The fraction of sp³-hybridized carbons (Fsp3) is 0.692. The Morgan fingerprint density at radius 1 is 1.29 bits per heavy atom. The van der Waals surface area contributed by atoms with Gasteiger partial charge in [-0.2, -0.15) is 0 Å². The first kappa shape index (κ1) is 15.9. The van der Waals surface area contributed by atoms with Crippen molar-refractivity contribution >= 4 is 0 Å². The molecule has 0 spiro atoms. The summed E-state index contributed by atoms with van der Waals surface area (Å²) in [4.78, 5) is 2.00. The van der Waals surface area contributed by atoms with E-state index in [-0.39, 0.29) is 0 Å². The van der Waals surface area contributed by atoms with Crippen LogP contribution >= 0.6 is 0 Å². The number of rotatable bonds is 5. The number of hydrogen-bond donors (Lipinski definition) is 0. The van der Waals surface area contributed by atoms with Crippen LogP contribution in [-0.2, 0) is 0 Å². The molecule has 1 unspecified atom stereocenters. The highest BCUT2D eigenvalue weighted by Gasteiger charge is 1.95. The van der Waals surface area contributed by atoms with Gasteiger partial charge >= 0.3 is 0 Å². The predicted octanol–water partition coefficient (Wildman–Crippen LogP) is 3.73. The third-order valence-corrected chi connectivity index (χ3v) is 1.64. The predicted molar refractivity (Wildman–Crippen MR) is 67.6 cm³/mol. The van der Waals surface area contributed by atoms with E-state index >= 15 is 0 Å². The van der Waals surface area contributed by atoms with Gasteiger partial charge in [0.15, 0.2) is 0 Å². The summed E-state index contributed by atoms with van der Waals surface area (Å²) in [7, 11) is 6.00. The molecule has 0 aliphatic rings. The Hall–Kier alpha value is -0.560. The van der Waals surface area contributed by atoms with Crippen molar-refractivity contribution in [3.05, 3.63) is 24.8 Å². The maximum Gasteiger partial charge on any atom is -0.0140 e. The largest absolute Gasteiger partial charge is 0.312 e. The fourth-order valence-corrected chi connectivity index (χ4v) is 0.889. The molecule has 14 heavy (non-hydrogen) atoms. The molecule has 0 aliphatic carbocycles. The third kappa shape index (κ3) is 22.5. The molecule has 84 valence electrons. The van der Waals surface area contributed by atoms with Crippen LogP contribution in [0.15, 0.2) is 24.8 Å². The molecule has 0 radical (unpaired) electrons. The minimum absolute atomic E-state index is 0.814. The summed E-state index contributed by atoms with van der Waals surface area (Å²) < 4.78 is 0. The normalized spacial score (nSPS) is 12.4. The number of hydrogen-bond acceptors (Lipinski definition) is 1. The first-order chi connectivity index (χ1) is 6.54. The lowest BCUT2D eigenvalue weighted by Gasteiger charge is -2.04. The van der Waals surface area contributed by atoms with Gasteiger partial charge in [0.2, 0.25) is 0 Å². The third-order valence-electron chi connectivity index (χ3n) is 1.64. The summed E-state index contributed by atoms with van der Waals surface area (Å²) in [5.74, 6) is 0.814. The van der Waals surface area contributed by atoms with Crippen molar-refractivity contribution in [2.75, 3.05) is 21.1 Å². The molecule has 1 heteroatoms. The van der Waals surface area contributed by atoms with Gasteiger partial charge in [-0.25, -0.2) is 0 Å². The van der Waals surface area contributed by atoms with Crippen LogP contribution in [0.2, 0.25) is 0 Å². The number of allylic oxidation sites excluding steroid dienone is 3. The average molecular weight is 197 g/mol. The summed E-state index contributed by atoms with van der Waals surface area (Å²) in [6.45, 7) is 8.05. The Balaban J connectivity index is 0. The second kappa shape index (κ2) is 12.4. The molecule has 0 saturated heterocycles. The topological polar surface area (TPSA) is 3.24 Å². The molecule has 1 atom stereocenters. The molecular formula is C13H27N. The van der Waals surface area contributed by atoms with Gasteiger partial charge in [-0.1, -0.05) is 25.2 Å². The summed E-state index contributed by atoms with van der Waals surface area (Å²) in [5.41, 5.74) is 0. The Kier molecular flexibility index (Phi) is 14.1. The lowest BCUT2D eigenvalue weighted by atomic mass is 10.0. The maximum absolute atomic E-state index is 3.69.